The lowest BCUT2D eigenvalue weighted by atomic mass is 9.43. The molecule has 8 aliphatic carbocycles. The van der Waals surface area contributed by atoms with Crippen LogP contribution in [0.4, 0.5) is 8.78 Å². The molecular weight excluding hydrogens is 1050 g/mol. The fourth-order valence-electron chi connectivity index (χ4n) is 16.3. The smallest absolute Gasteiger partial charge is 0.303 e. The quantitative estimate of drug-likeness (QED) is 0.0684. The molecule has 7 N–H and O–H groups in total. The maximum absolute atomic E-state index is 17.6. The summed E-state index contributed by atoms with van der Waals surface area (Å²) in [6.07, 6.45) is 14.0. The first-order valence-electron chi connectivity index (χ1n) is 29.4. The van der Waals surface area contributed by atoms with Crippen molar-refractivity contribution < 1.29 is 57.2 Å². The molecule has 0 aromatic rings. The second kappa shape index (κ2) is 21.8. The number of nitrogens with one attached hydrogen (secondary N) is 1. The first kappa shape index (κ1) is 65.6. The number of nitrogens with zero attached hydrogens (tertiary/aromatic N) is 2. The average molecular weight is 1160 g/mol. The summed E-state index contributed by atoms with van der Waals surface area (Å²) in [7, 11) is -4.39. The number of aliphatic hydroxyl groups is 3. The Kier molecular flexibility index (Phi) is 17.9. The summed E-state index contributed by atoms with van der Waals surface area (Å²) < 4.78 is 47.7. The number of carbonyl (C=O) groups is 4. The number of ketones is 2. The van der Waals surface area contributed by atoms with Crippen molar-refractivity contribution in [2.45, 2.75) is 227 Å². The van der Waals surface area contributed by atoms with E-state index in [0.29, 0.717) is 49.9 Å². The third-order valence-corrected chi connectivity index (χ3v) is 32.2. The van der Waals surface area contributed by atoms with Gasteiger partial charge in [0, 0.05) is 40.9 Å². The number of amides is 1. The van der Waals surface area contributed by atoms with Crippen molar-refractivity contribution in [2.24, 2.45) is 79.1 Å². The molecule has 1 amide bonds. The molecule has 0 heterocycles. The highest BCUT2D eigenvalue weighted by atomic mass is 28.4. The minimum Gasteiger partial charge on any atom is -0.481 e. The van der Waals surface area contributed by atoms with Gasteiger partial charge in [-0.3, -0.25) is 19.2 Å². The molecule has 8 aliphatic rings. The van der Waals surface area contributed by atoms with Crippen molar-refractivity contribution in [1.29, 1.82) is 0 Å². The molecule has 450 valence electrons. The highest BCUT2D eigenvalue weighted by molar-refractivity contribution is 6.74. The standard InChI is InChI=1S/C30H47FN2O5Si.C29H47FN2O3Si.C3H6O2/c1-18-14-23-22-11-10-20-15-21(33-32-19(2)34)12-13-27(20,6)29(22,31)24(35)16-28(23,7)30(18,37)25(36)17-38-39(8,9)26(3,4)5;1-18-14-23-22-11-10-20-15-21(32-31)12-13-26(20,6)28(22,30)19(2)16-27(23,7)29(18,34)24(33)17-35-36(8,9)25(3,4)5;1-2-3(4)5/h12-13,15,18,22-24,35,37H,10-11,14,16-17H2,1-9H3,(H,32,34);12-13,15,18-19,22-23,34H,10-11,14,16-17,31H2,1-9H3;2H2,1H3,(H,4,5)/b33-21+;32-21+;/t18-,22+,23+,24+,27+,28+,29+,30+;18-,19+,22+,23+,26+,27+,28-,29+;/m11./s1. The van der Waals surface area contributed by atoms with E-state index in [2.05, 4.69) is 83.4 Å². The number of hydrazone groups is 2. The second-order valence-electron chi connectivity index (χ2n) is 29.4. The molecule has 0 unspecified atom stereocenters. The molecule has 6 fully saturated rings. The molecule has 80 heavy (non-hydrogen) atoms. The number of halogens is 2. The zero-order valence-corrected chi connectivity index (χ0v) is 53.8. The molecule has 0 aromatic heterocycles. The Hall–Kier alpha value is -3.53. The average Bonchev–Trinajstić information content (AvgIpc) is 3.69. The number of allylic oxidation sites excluding steroid dienone is 8. The van der Waals surface area contributed by atoms with Gasteiger partial charge in [-0.2, -0.15) is 10.2 Å². The molecule has 0 radical (unpaired) electrons. The van der Waals surface area contributed by atoms with Crippen molar-refractivity contribution in [3.63, 3.8) is 0 Å². The lowest BCUT2D eigenvalue weighted by molar-refractivity contribution is -0.219. The fourth-order valence-corrected chi connectivity index (χ4v) is 18.1. The number of carboxylic acids is 1. The van der Waals surface area contributed by atoms with E-state index in [1.54, 1.807) is 19.1 Å². The van der Waals surface area contributed by atoms with E-state index in [4.69, 9.17) is 19.8 Å². The van der Waals surface area contributed by atoms with E-state index in [-0.39, 0.29) is 89.1 Å². The van der Waals surface area contributed by atoms with Gasteiger partial charge in [-0.15, -0.1) is 0 Å². The van der Waals surface area contributed by atoms with Crippen LogP contribution in [0.3, 0.4) is 0 Å². The summed E-state index contributed by atoms with van der Waals surface area (Å²) >= 11 is 0. The van der Waals surface area contributed by atoms with E-state index in [1.807, 2.05) is 72.8 Å². The van der Waals surface area contributed by atoms with Crippen LogP contribution in [0.15, 0.2) is 57.8 Å². The summed E-state index contributed by atoms with van der Waals surface area (Å²) in [5, 5.41) is 51.6. The monoisotopic (exact) mass is 1150 g/mol. The first-order valence-corrected chi connectivity index (χ1v) is 35.2. The van der Waals surface area contributed by atoms with Crippen molar-refractivity contribution >= 4 is 51.5 Å². The topological polar surface area (TPSA) is 230 Å². The van der Waals surface area contributed by atoms with Crippen molar-refractivity contribution in [1.82, 2.24) is 5.43 Å². The zero-order chi connectivity index (χ0) is 60.8. The lowest BCUT2D eigenvalue weighted by Gasteiger charge is -2.63. The SMILES string of the molecule is CC(=O)N/N=C1\C=C[C@@]2(C)C(=C1)CC[C@H]1[C@@H]3C[C@@H](C)[C@](O)(C(=O)CO[Si](C)(C)C(C)(C)C)[C@@]3(C)C[C@H](O)[C@@]12F.CCC(=O)O.C[C@@H]1C[C@H]2[C@@H]3CCC4=C/C(=N/N)C=C[C@]4(C)[C@@]3(F)[C@@H](C)C[C@]2(C)[C@@]1(O)C(=O)CO[Si](C)(C)C(C)(C)C. The second-order valence-corrected chi connectivity index (χ2v) is 39.0. The van der Waals surface area contributed by atoms with Crippen LogP contribution in [0.5, 0.6) is 0 Å². The highest BCUT2D eigenvalue weighted by Crippen LogP contribution is 2.73. The maximum Gasteiger partial charge on any atom is 0.303 e. The molecule has 6 saturated carbocycles. The maximum atomic E-state index is 17.6. The predicted molar refractivity (Wildman–Crippen MR) is 316 cm³/mol. The van der Waals surface area contributed by atoms with Crippen molar-refractivity contribution in [3.8, 4) is 0 Å². The van der Waals surface area contributed by atoms with Crippen LogP contribution in [-0.4, -0.2) is 114 Å². The van der Waals surface area contributed by atoms with Gasteiger partial charge in [-0.05, 0) is 161 Å². The van der Waals surface area contributed by atoms with Gasteiger partial charge in [0.05, 0.1) is 30.7 Å². The Morgan fingerprint density at radius 3 is 1.49 bits per heavy atom. The largest absolute Gasteiger partial charge is 0.481 e. The number of rotatable bonds is 10. The first-order chi connectivity index (χ1) is 36.4. The number of fused-ring (bicyclic) bond motifs is 10. The summed E-state index contributed by atoms with van der Waals surface area (Å²) in [5.41, 5.74) is -4.64. The van der Waals surface area contributed by atoms with Gasteiger partial charge in [0.25, 0.3) is 0 Å². The molecule has 0 bridgehead atoms. The van der Waals surface area contributed by atoms with Gasteiger partial charge < -0.3 is 35.1 Å². The van der Waals surface area contributed by atoms with Gasteiger partial charge in [0.2, 0.25) is 5.91 Å². The molecule has 18 heteroatoms. The van der Waals surface area contributed by atoms with E-state index < -0.39 is 78.8 Å². The van der Waals surface area contributed by atoms with Crippen LogP contribution in [0.25, 0.3) is 0 Å². The number of aliphatic hydroxyl groups excluding tert-OH is 1. The number of alkyl halides is 2. The van der Waals surface area contributed by atoms with Crippen LogP contribution in [0.2, 0.25) is 36.3 Å². The Bertz CT molecular complexity index is 2640. The lowest BCUT2D eigenvalue weighted by Crippen LogP contribution is -2.69. The number of Topliss-reactive ketones (excluding diaryl/α,β-unsaturated/α-hetero) is 2. The van der Waals surface area contributed by atoms with Gasteiger partial charge in [-0.1, -0.05) is 106 Å². The minimum atomic E-state index is -2.23. The molecule has 0 saturated heterocycles. The summed E-state index contributed by atoms with van der Waals surface area (Å²) in [5.74, 6) is 1.82. The van der Waals surface area contributed by atoms with Gasteiger partial charge in [0.1, 0.15) is 16.9 Å². The van der Waals surface area contributed by atoms with Crippen molar-refractivity contribution in [3.05, 3.63) is 47.6 Å². The minimum absolute atomic E-state index is 0.0130. The molecule has 16 atom stereocenters. The fraction of sp³-hybridized carbons (Fsp3) is 0.774. The predicted octanol–water partition coefficient (Wildman–Crippen LogP) is 11.3. The molecular formula is C62H100F2N4O10Si2. The molecule has 0 spiro atoms. The summed E-state index contributed by atoms with van der Waals surface area (Å²) in [4.78, 5) is 48.3. The molecule has 8 rings (SSSR count). The number of hydrogen-bond donors (Lipinski definition) is 6. The number of hydrogen-bond acceptors (Lipinski definition) is 12. The number of nitrogens with two attached hydrogens (primary N) is 1. The molecule has 0 aromatic carbocycles. The summed E-state index contributed by atoms with van der Waals surface area (Å²) in [6, 6.07) is 0. The highest BCUT2D eigenvalue weighted by Gasteiger charge is 2.77. The van der Waals surface area contributed by atoms with Crippen molar-refractivity contribution in [2.75, 3.05) is 13.2 Å². The Labute approximate surface area is 478 Å². The van der Waals surface area contributed by atoms with Crippen LogP contribution in [-0.2, 0) is 28.0 Å². The third kappa shape index (κ3) is 10.1. The third-order valence-electron chi connectivity index (χ3n) is 23.2. The van der Waals surface area contributed by atoms with Crippen LogP contribution < -0.4 is 11.3 Å². The van der Waals surface area contributed by atoms with Gasteiger partial charge in [0.15, 0.2) is 33.9 Å². The Morgan fingerprint density at radius 1 is 0.700 bits per heavy atom. The zero-order valence-electron chi connectivity index (χ0n) is 51.8. The van der Waals surface area contributed by atoms with Gasteiger partial charge >= 0.3 is 5.97 Å². The van der Waals surface area contributed by atoms with E-state index in [1.165, 1.54) is 6.92 Å². The van der Waals surface area contributed by atoms with Crippen LogP contribution >= 0.6 is 0 Å². The normalized spacial score (nSPS) is 41.9. The summed E-state index contributed by atoms with van der Waals surface area (Å²) in [6.45, 7) is 37.4. The van der Waals surface area contributed by atoms with E-state index in [9.17, 15) is 34.5 Å². The van der Waals surface area contributed by atoms with E-state index >= 15 is 8.78 Å². The van der Waals surface area contributed by atoms with Crippen LogP contribution in [0, 0.1) is 63.1 Å². The number of carbonyl (C=O) groups excluding carboxylic acids is 3. The van der Waals surface area contributed by atoms with Gasteiger partial charge in [-0.25, -0.2) is 14.2 Å². The number of aliphatic carboxylic acids is 1. The van der Waals surface area contributed by atoms with Crippen LogP contribution in [0.1, 0.15) is 162 Å². The molecule has 14 nitrogen and oxygen atoms in total. The number of carboxylic acid groups (broad SMARTS) is 1. The Morgan fingerprint density at radius 2 is 1.09 bits per heavy atom. The van der Waals surface area contributed by atoms with E-state index in [0.717, 1.165) is 17.6 Å². The Balaban J connectivity index is 0.000000238. The molecule has 0 aliphatic heterocycles.